The molecular weight excluding hydrogens is 276 g/mol. The highest BCUT2D eigenvalue weighted by Crippen LogP contribution is 2.23. The van der Waals surface area contributed by atoms with Crippen molar-refractivity contribution in [3.63, 3.8) is 0 Å². The number of carbonyl (C=O) groups excluding carboxylic acids is 1. The Morgan fingerprint density at radius 3 is 2.45 bits per heavy atom. The van der Waals surface area contributed by atoms with E-state index >= 15 is 0 Å². The van der Waals surface area contributed by atoms with Gasteiger partial charge in [-0.15, -0.1) is 0 Å². The molecule has 0 saturated heterocycles. The highest BCUT2D eigenvalue weighted by Gasteiger charge is 2.23. The van der Waals surface area contributed by atoms with E-state index in [2.05, 4.69) is 25.9 Å². The van der Waals surface area contributed by atoms with E-state index in [4.69, 9.17) is 4.74 Å². The molecule has 0 unspecified atom stereocenters. The van der Waals surface area contributed by atoms with Crippen molar-refractivity contribution < 1.29 is 9.53 Å². The average Bonchev–Trinajstić information content (AvgIpc) is 2.86. The Morgan fingerprint density at radius 2 is 1.91 bits per heavy atom. The van der Waals surface area contributed by atoms with Gasteiger partial charge in [-0.05, 0) is 37.8 Å². The van der Waals surface area contributed by atoms with E-state index in [-0.39, 0.29) is 5.97 Å². The largest absolute Gasteiger partial charge is 0.461 e. The number of rotatable bonds is 6. The van der Waals surface area contributed by atoms with Gasteiger partial charge in [0.05, 0.1) is 12.3 Å². The zero-order chi connectivity index (χ0) is 16.1. The molecule has 2 aromatic rings. The van der Waals surface area contributed by atoms with Crippen molar-refractivity contribution in [1.82, 2.24) is 9.78 Å². The maximum absolute atomic E-state index is 12.2. The smallest absolute Gasteiger partial charge is 0.359 e. The van der Waals surface area contributed by atoms with Gasteiger partial charge in [0.2, 0.25) is 0 Å². The summed E-state index contributed by atoms with van der Waals surface area (Å²) < 4.78 is 7.06. The lowest BCUT2D eigenvalue weighted by Crippen LogP contribution is -2.08. The molecule has 0 amide bonds. The third kappa shape index (κ3) is 3.38. The standard InChI is InChI=1S/C18H24N2O2/c1-5-15-16(12-13(3)4)20(14-10-8-7-9-11-14)19-17(15)18(21)22-6-2/h7-11,13H,5-6,12H2,1-4H3. The Morgan fingerprint density at radius 1 is 1.23 bits per heavy atom. The van der Waals surface area contributed by atoms with Crippen LogP contribution in [0, 0.1) is 5.92 Å². The Bertz CT molecular complexity index is 630. The molecule has 0 bridgehead atoms. The topological polar surface area (TPSA) is 44.1 Å². The lowest BCUT2D eigenvalue weighted by atomic mass is 10.0. The van der Waals surface area contributed by atoms with Crippen molar-refractivity contribution in [3.8, 4) is 5.69 Å². The highest BCUT2D eigenvalue weighted by molar-refractivity contribution is 5.89. The maximum Gasteiger partial charge on any atom is 0.359 e. The van der Waals surface area contributed by atoms with Crippen molar-refractivity contribution in [1.29, 1.82) is 0 Å². The Hall–Kier alpha value is -2.10. The number of para-hydroxylation sites is 1. The van der Waals surface area contributed by atoms with Crippen molar-refractivity contribution in [3.05, 3.63) is 47.3 Å². The number of nitrogens with zero attached hydrogens (tertiary/aromatic N) is 2. The summed E-state index contributed by atoms with van der Waals surface area (Å²) in [5, 5.41) is 4.56. The fourth-order valence-corrected chi connectivity index (χ4v) is 2.60. The first-order valence-corrected chi connectivity index (χ1v) is 7.91. The molecule has 4 nitrogen and oxygen atoms in total. The minimum atomic E-state index is -0.334. The van der Waals surface area contributed by atoms with E-state index in [1.165, 1.54) is 0 Å². The molecule has 0 fully saturated rings. The number of carbonyl (C=O) groups is 1. The number of hydrogen-bond acceptors (Lipinski definition) is 3. The molecule has 1 heterocycles. The predicted molar refractivity (Wildman–Crippen MR) is 87.4 cm³/mol. The zero-order valence-electron chi connectivity index (χ0n) is 13.8. The van der Waals surface area contributed by atoms with Gasteiger partial charge in [0, 0.05) is 11.3 Å². The number of aromatic nitrogens is 2. The van der Waals surface area contributed by atoms with Gasteiger partial charge in [-0.2, -0.15) is 5.10 Å². The fourth-order valence-electron chi connectivity index (χ4n) is 2.60. The first-order chi connectivity index (χ1) is 10.6. The summed E-state index contributed by atoms with van der Waals surface area (Å²) in [6, 6.07) is 9.94. The molecule has 0 radical (unpaired) electrons. The van der Waals surface area contributed by atoms with Crippen LogP contribution in [0.25, 0.3) is 5.69 Å². The van der Waals surface area contributed by atoms with Crippen LogP contribution in [-0.2, 0) is 17.6 Å². The van der Waals surface area contributed by atoms with Crippen LogP contribution in [0.1, 0.15) is 49.4 Å². The van der Waals surface area contributed by atoms with E-state index < -0.39 is 0 Å². The lowest BCUT2D eigenvalue weighted by Gasteiger charge is -2.11. The number of ether oxygens (including phenoxy) is 1. The summed E-state index contributed by atoms with van der Waals surface area (Å²) in [7, 11) is 0. The molecule has 1 aromatic heterocycles. The van der Waals surface area contributed by atoms with Crippen LogP contribution in [-0.4, -0.2) is 22.4 Å². The monoisotopic (exact) mass is 300 g/mol. The molecule has 2 rings (SSSR count). The first-order valence-electron chi connectivity index (χ1n) is 7.91. The molecule has 22 heavy (non-hydrogen) atoms. The molecule has 118 valence electrons. The predicted octanol–water partition coefficient (Wildman–Crippen LogP) is 3.81. The molecular formula is C18H24N2O2. The van der Waals surface area contributed by atoms with Gasteiger partial charge in [0.1, 0.15) is 0 Å². The van der Waals surface area contributed by atoms with E-state index in [9.17, 15) is 4.79 Å². The Balaban J connectivity index is 2.58. The van der Waals surface area contributed by atoms with Crippen molar-refractivity contribution >= 4 is 5.97 Å². The van der Waals surface area contributed by atoms with Gasteiger partial charge in [0.15, 0.2) is 5.69 Å². The molecule has 0 atom stereocenters. The normalized spacial score (nSPS) is 11.0. The fraction of sp³-hybridized carbons (Fsp3) is 0.444. The van der Waals surface area contributed by atoms with Crippen LogP contribution in [0.5, 0.6) is 0 Å². The second-order valence-electron chi connectivity index (χ2n) is 5.69. The van der Waals surface area contributed by atoms with Gasteiger partial charge in [-0.3, -0.25) is 0 Å². The quantitative estimate of drug-likeness (QED) is 0.762. The summed E-state index contributed by atoms with van der Waals surface area (Å²) in [6.07, 6.45) is 1.65. The molecule has 1 aromatic carbocycles. The van der Waals surface area contributed by atoms with Crippen LogP contribution in [0.3, 0.4) is 0 Å². The van der Waals surface area contributed by atoms with Gasteiger partial charge in [-0.1, -0.05) is 39.0 Å². The first kappa shape index (κ1) is 16.3. The SMILES string of the molecule is CCOC(=O)c1nn(-c2ccccc2)c(CC(C)C)c1CC. The second-order valence-corrected chi connectivity index (χ2v) is 5.69. The van der Waals surface area contributed by atoms with Crippen LogP contribution in [0.2, 0.25) is 0 Å². The number of benzene rings is 1. The van der Waals surface area contributed by atoms with Gasteiger partial charge < -0.3 is 4.74 Å². The number of hydrogen-bond donors (Lipinski definition) is 0. The minimum absolute atomic E-state index is 0.334. The summed E-state index contributed by atoms with van der Waals surface area (Å²) in [4.78, 5) is 12.2. The minimum Gasteiger partial charge on any atom is -0.461 e. The summed E-state index contributed by atoms with van der Waals surface area (Å²) >= 11 is 0. The average molecular weight is 300 g/mol. The van der Waals surface area contributed by atoms with Crippen LogP contribution in [0.4, 0.5) is 0 Å². The van der Waals surface area contributed by atoms with Crippen molar-refractivity contribution in [2.75, 3.05) is 6.61 Å². The van der Waals surface area contributed by atoms with Crippen LogP contribution < -0.4 is 0 Å². The van der Waals surface area contributed by atoms with Crippen LogP contribution in [0.15, 0.2) is 30.3 Å². The molecule has 0 aliphatic carbocycles. The summed E-state index contributed by atoms with van der Waals surface area (Å²) in [5.41, 5.74) is 3.52. The third-order valence-corrected chi connectivity index (χ3v) is 3.51. The molecule has 0 saturated carbocycles. The molecule has 4 heteroatoms. The van der Waals surface area contributed by atoms with Crippen LogP contribution >= 0.6 is 0 Å². The van der Waals surface area contributed by atoms with E-state index in [0.717, 1.165) is 29.8 Å². The van der Waals surface area contributed by atoms with Crippen molar-refractivity contribution in [2.45, 2.75) is 40.5 Å². The molecule has 0 N–H and O–H groups in total. The number of esters is 1. The maximum atomic E-state index is 12.2. The lowest BCUT2D eigenvalue weighted by molar-refractivity contribution is 0.0517. The Kier molecular flexibility index (Phi) is 5.36. The van der Waals surface area contributed by atoms with E-state index in [1.807, 2.05) is 41.9 Å². The highest BCUT2D eigenvalue weighted by atomic mass is 16.5. The van der Waals surface area contributed by atoms with E-state index in [0.29, 0.717) is 18.2 Å². The summed E-state index contributed by atoms with van der Waals surface area (Å²) in [6.45, 7) is 8.57. The molecule has 0 aliphatic rings. The van der Waals surface area contributed by atoms with Gasteiger partial charge >= 0.3 is 5.97 Å². The van der Waals surface area contributed by atoms with Crippen molar-refractivity contribution in [2.24, 2.45) is 5.92 Å². The van der Waals surface area contributed by atoms with Gasteiger partial charge in [0.25, 0.3) is 0 Å². The van der Waals surface area contributed by atoms with E-state index in [1.54, 1.807) is 0 Å². The summed E-state index contributed by atoms with van der Waals surface area (Å²) in [5.74, 6) is 0.151. The van der Waals surface area contributed by atoms with Gasteiger partial charge in [-0.25, -0.2) is 9.48 Å². The third-order valence-electron chi connectivity index (χ3n) is 3.51. The molecule has 0 aliphatic heterocycles. The Labute approximate surface area is 132 Å². The second kappa shape index (κ2) is 7.25. The zero-order valence-corrected chi connectivity index (χ0v) is 13.8. The molecule has 0 spiro atoms.